The lowest BCUT2D eigenvalue weighted by atomic mass is 10.1. The fourth-order valence-electron chi connectivity index (χ4n) is 2.96. The number of ether oxygens (including phenoxy) is 1. The molecule has 5 heteroatoms. The maximum Gasteiger partial charge on any atom is 0.119 e. The van der Waals surface area contributed by atoms with E-state index in [1.165, 1.54) is 10.4 Å². The van der Waals surface area contributed by atoms with Gasteiger partial charge in [0, 0.05) is 49.8 Å². The van der Waals surface area contributed by atoms with Crippen LogP contribution in [0.5, 0.6) is 5.75 Å². The molecule has 0 spiro atoms. The van der Waals surface area contributed by atoms with Crippen molar-refractivity contribution in [1.29, 1.82) is 0 Å². The van der Waals surface area contributed by atoms with E-state index in [0.29, 0.717) is 6.04 Å². The summed E-state index contributed by atoms with van der Waals surface area (Å²) in [5.74, 6) is 0.938. The van der Waals surface area contributed by atoms with E-state index in [1.807, 2.05) is 17.8 Å². The molecule has 1 saturated heterocycles. The predicted molar refractivity (Wildman–Crippen MR) is 90.4 cm³/mol. The van der Waals surface area contributed by atoms with Crippen LogP contribution in [0.3, 0.4) is 0 Å². The summed E-state index contributed by atoms with van der Waals surface area (Å²) >= 11 is 1.74. The van der Waals surface area contributed by atoms with Crippen LogP contribution in [0.1, 0.15) is 23.4 Å². The zero-order chi connectivity index (χ0) is 15.4. The van der Waals surface area contributed by atoms with E-state index in [1.54, 1.807) is 18.4 Å². The minimum Gasteiger partial charge on any atom is -0.497 e. The Kier molecular flexibility index (Phi) is 5.08. The molecule has 0 bridgehead atoms. The molecule has 1 aromatic carbocycles. The maximum atomic E-state index is 5.34. The number of rotatable bonds is 5. The number of aromatic nitrogens is 1. The number of piperazine rings is 1. The van der Waals surface area contributed by atoms with Gasteiger partial charge in [-0.1, -0.05) is 12.1 Å². The van der Waals surface area contributed by atoms with Gasteiger partial charge in [-0.15, -0.1) is 11.3 Å². The van der Waals surface area contributed by atoms with Gasteiger partial charge in [0.15, 0.2) is 0 Å². The molecule has 0 saturated carbocycles. The van der Waals surface area contributed by atoms with Crippen molar-refractivity contribution in [2.24, 2.45) is 0 Å². The first-order valence-corrected chi connectivity index (χ1v) is 8.62. The lowest BCUT2D eigenvalue weighted by Crippen LogP contribution is -2.46. The number of hydrogen-bond donors (Lipinski definition) is 0. The minimum absolute atomic E-state index is 0.431. The van der Waals surface area contributed by atoms with E-state index in [9.17, 15) is 0 Å². The van der Waals surface area contributed by atoms with Crippen molar-refractivity contribution < 1.29 is 4.74 Å². The fraction of sp³-hybridized carbons (Fsp3) is 0.471. The first-order chi connectivity index (χ1) is 10.8. The van der Waals surface area contributed by atoms with Crippen molar-refractivity contribution >= 4 is 11.3 Å². The largest absolute Gasteiger partial charge is 0.497 e. The number of methoxy groups -OCH3 is 1. The number of nitrogens with zero attached hydrogens (tertiary/aromatic N) is 3. The van der Waals surface area contributed by atoms with E-state index < -0.39 is 0 Å². The van der Waals surface area contributed by atoms with Gasteiger partial charge in [0.05, 0.1) is 12.6 Å². The molecule has 0 aliphatic carbocycles. The summed E-state index contributed by atoms with van der Waals surface area (Å²) in [6, 6.07) is 8.85. The van der Waals surface area contributed by atoms with Gasteiger partial charge in [0.2, 0.25) is 0 Å². The fourth-order valence-corrected chi connectivity index (χ4v) is 3.60. The highest BCUT2D eigenvalue weighted by atomic mass is 32.1. The van der Waals surface area contributed by atoms with Gasteiger partial charge in [-0.25, -0.2) is 0 Å². The van der Waals surface area contributed by atoms with E-state index in [4.69, 9.17) is 4.74 Å². The van der Waals surface area contributed by atoms with Gasteiger partial charge in [0.25, 0.3) is 0 Å². The van der Waals surface area contributed by atoms with Crippen LogP contribution in [0.15, 0.2) is 36.0 Å². The molecule has 2 heterocycles. The molecular weight excluding hydrogens is 294 g/mol. The number of hydrogen-bond acceptors (Lipinski definition) is 5. The van der Waals surface area contributed by atoms with Crippen molar-refractivity contribution in [3.05, 3.63) is 46.4 Å². The molecule has 0 unspecified atom stereocenters. The molecule has 3 rings (SSSR count). The normalized spacial score (nSPS) is 18.3. The Hall–Kier alpha value is -1.43. The lowest BCUT2D eigenvalue weighted by Gasteiger charge is -2.38. The van der Waals surface area contributed by atoms with Gasteiger partial charge in [0.1, 0.15) is 5.75 Å². The maximum absolute atomic E-state index is 5.34. The molecule has 118 valence electrons. The summed E-state index contributed by atoms with van der Waals surface area (Å²) < 4.78 is 5.34. The standard InChI is InChI=1S/C17H23N3OS/c1-14(15-4-3-5-16(10-15)21-2)20-8-6-19(7-9-20)12-17-11-18-13-22-17/h3-5,10-11,13-14H,6-9,12H2,1-2H3/t14-/m1/s1. The van der Waals surface area contributed by atoms with Crippen molar-refractivity contribution in [3.63, 3.8) is 0 Å². The topological polar surface area (TPSA) is 28.6 Å². The Balaban J connectivity index is 1.56. The minimum atomic E-state index is 0.431. The molecule has 4 nitrogen and oxygen atoms in total. The molecule has 0 N–H and O–H groups in total. The third kappa shape index (κ3) is 3.66. The highest BCUT2D eigenvalue weighted by Crippen LogP contribution is 2.25. The van der Waals surface area contributed by atoms with Crippen LogP contribution in [0.4, 0.5) is 0 Å². The zero-order valence-electron chi connectivity index (χ0n) is 13.2. The Morgan fingerprint density at radius 2 is 2.09 bits per heavy atom. The monoisotopic (exact) mass is 317 g/mol. The molecular formula is C17H23N3OS. The molecule has 0 radical (unpaired) electrons. The highest BCUT2D eigenvalue weighted by Gasteiger charge is 2.22. The average molecular weight is 317 g/mol. The third-order valence-corrected chi connectivity index (χ3v) is 5.16. The Bertz CT molecular complexity index is 579. The highest BCUT2D eigenvalue weighted by molar-refractivity contribution is 7.09. The van der Waals surface area contributed by atoms with Crippen molar-refractivity contribution in [2.75, 3.05) is 33.3 Å². The molecule has 0 amide bonds. The Morgan fingerprint density at radius 1 is 1.27 bits per heavy atom. The molecule has 1 aliphatic rings. The molecule has 1 aromatic heterocycles. The molecule has 1 atom stereocenters. The molecule has 22 heavy (non-hydrogen) atoms. The summed E-state index contributed by atoms with van der Waals surface area (Å²) in [5.41, 5.74) is 3.24. The van der Waals surface area contributed by atoms with Crippen LogP contribution in [0.2, 0.25) is 0 Å². The lowest BCUT2D eigenvalue weighted by molar-refractivity contribution is 0.0984. The first kappa shape index (κ1) is 15.5. The second kappa shape index (κ2) is 7.22. The first-order valence-electron chi connectivity index (χ1n) is 7.74. The quantitative estimate of drug-likeness (QED) is 0.847. The zero-order valence-corrected chi connectivity index (χ0v) is 14.1. The third-order valence-electron chi connectivity index (χ3n) is 4.39. The molecule has 1 aliphatic heterocycles. The SMILES string of the molecule is COc1cccc([C@@H](C)N2CCN(Cc3cncs3)CC2)c1. The predicted octanol–water partition coefficient (Wildman–Crippen LogP) is 3.03. The van der Waals surface area contributed by atoms with Crippen LogP contribution in [-0.4, -0.2) is 48.1 Å². The summed E-state index contributed by atoms with van der Waals surface area (Å²) in [6.07, 6.45) is 1.98. The van der Waals surface area contributed by atoms with Crippen LogP contribution in [-0.2, 0) is 6.54 Å². The summed E-state index contributed by atoms with van der Waals surface area (Å²) in [7, 11) is 1.72. The summed E-state index contributed by atoms with van der Waals surface area (Å²) in [6.45, 7) is 7.77. The Morgan fingerprint density at radius 3 is 2.77 bits per heavy atom. The second-order valence-corrected chi connectivity index (χ2v) is 6.70. The van der Waals surface area contributed by atoms with Gasteiger partial charge in [-0.3, -0.25) is 14.8 Å². The van der Waals surface area contributed by atoms with E-state index >= 15 is 0 Å². The smallest absolute Gasteiger partial charge is 0.119 e. The van der Waals surface area contributed by atoms with Crippen LogP contribution in [0.25, 0.3) is 0 Å². The average Bonchev–Trinajstić information content (AvgIpc) is 3.08. The van der Waals surface area contributed by atoms with Crippen LogP contribution >= 0.6 is 11.3 Å². The second-order valence-electron chi connectivity index (χ2n) is 5.73. The number of benzene rings is 1. The number of thiazole rings is 1. The van der Waals surface area contributed by atoms with Crippen molar-refractivity contribution in [1.82, 2.24) is 14.8 Å². The van der Waals surface area contributed by atoms with Crippen LogP contribution in [0, 0.1) is 0 Å². The van der Waals surface area contributed by atoms with E-state index in [-0.39, 0.29) is 0 Å². The summed E-state index contributed by atoms with van der Waals surface area (Å²) in [5, 5.41) is 0. The summed E-state index contributed by atoms with van der Waals surface area (Å²) in [4.78, 5) is 10.6. The van der Waals surface area contributed by atoms with Gasteiger partial charge in [-0.05, 0) is 24.6 Å². The van der Waals surface area contributed by atoms with E-state index in [0.717, 1.165) is 38.5 Å². The Labute approximate surface area is 136 Å². The van der Waals surface area contributed by atoms with Crippen molar-refractivity contribution in [3.8, 4) is 5.75 Å². The van der Waals surface area contributed by atoms with Gasteiger partial charge >= 0.3 is 0 Å². The van der Waals surface area contributed by atoms with Gasteiger partial charge < -0.3 is 4.74 Å². The van der Waals surface area contributed by atoms with Crippen molar-refractivity contribution in [2.45, 2.75) is 19.5 Å². The molecule has 2 aromatic rings. The molecule has 1 fully saturated rings. The van der Waals surface area contributed by atoms with Crippen LogP contribution < -0.4 is 4.74 Å². The van der Waals surface area contributed by atoms with E-state index in [2.05, 4.69) is 39.9 Å². The van der Waals surface area contributed by atoms with Gasteiger partial charge in [-0.2, -0.15) is 0 Å².